The van der Waals surface area contributed by atoms with E-state index < -0.39 is 0 Å². The molecule has 2 heterocycles. The summed E-state index contributed by atoms with van der Waals surface area (Å²) in [6.45, 7) is 5.87. The minimum atomic E-state index is 0. The molecule has 0 unspecified atom stereocenters. The van der Waals surface area contributed by atoms with Crippen LogP contribution in [0.25, 0.3) is 11.5 Å². The predicted octanol–water partition coefficient (Wildman–Crippen LogP) is 3.93. The monoisotopic (exact) mass is 507 g/mol. The van der Waals surface area contributed by atoms with Crippen LogP contribution in [-0.4, -0.2) is 29.6 Å². The SMILES string of the molecule is CCNC(=NCc1ccc(OC)nc1)NCc1coc(-c2ccc(C)cc2)n1.I. The van der Waals surface area contributed by atoms with Crippen LogP contribution < -0.4 is 15.4 Å². The molecule has 1 aromatic carbocycles. The second-order valence-electron chi connectivity index (χ2n) is 6.27. The van der Waals surface area contributed by atoms with Crippen LogP contribution in [0.15, 0.2) is 58.3 Å². The van der Waals surface area contributed by atoms with Gasteiger partial charge in [0.25, 0.3) is 0 Å². The molecule has 154 valence electrons. The third-order valence-corrected chi connectivity index (χ3v) is 4.06. The van der Waals surface area contributed by atoms with Crippen LogP contribution in [0.2, 0.25) is 0 Å². The molecule has 0 aliphatic heterocycles. The molecule has 0 saturated heterocycles. The Hall–Kier alpha value is -2.62. The van der Waals surface area contributed by atoms with E-state index in [0.29, 0.717) is 30.8 Å². The third kappa shape index (κ3) is 6.74. The van der Waals surface area contributed by atoms with E-state index >= 15 is 0 Å². The van der Waals surface area contributed by atoms with Gasteiger partial charge in [-0.05, 0) is 31.5 Å². The first kappa shape index (κ1) is 22.7. The van der Waals surface area contributed by atoms with Gasteiger partial charge in [-0.1, -0.05) is 23.8 Å². The summed E-state index contributed by atoms with van der Waals surface area (Å²) >= 11 is 0. The van der Waals surface area contributed by atoms with Crippen LogP contribution in [0.5, 0.6) is 5.88 Å². The normalized spacial score (nSPS) is 10.9. The van der Waals surface area contributed by atoms with E-state index in [1.165, 1.54) is 5.56 Å². The second kappa shape index (κ2) is 11.4. The van der Waals surface area contributed by atoms with Crippen LogP contribution in [0.4, 0.5) is 0 Å². The summed E-state index contributed by atoms with van der Waals surface area (Å²) in [4.78, 5) is 13.3. The molecule has 3 rings (SSSR count). The lowest BCUT2D eigenvalue weighted by atomic mass is 10.1. The van der Waals surface area contributed by atoms with Crippen LogP contribution in [-0.2, 0) is 13.1 Å². The highest BCUT2D eigenvalue weighted by molar-refractivity contribution is 14.0. The molecule has 0 spiro atoms. The van der Waals surface area contributed by atoms with Gasteiger partial charge in [0.1, 0.15) is 6.26 Å². The maximum Gasteiger partial charge on any atom is 0.226 e. The molecule has 0 aliphatic carbocycles. The van der Waals surface area contributed by atoms with E-state index in [2.05, 4.69) is 32.5 Å². The lowest BCUT2D eigenvalue weighted by Crippen LogP contribution is -2.36. The standard InChI is InChI=1S/C21H25N5O2.HI/c1-4-22-21(24-12-16-7-10-19(27-3)23-11-16)25-13-18-14-28-20(26-18)17-8-5-15(2)6-9-17;/h5-11,14H,4,12-13H2,1-3H3,(H2,22,24,25);1H. The van der Waals surface area contributed by atoms with Crippen molar-refractivity contribution >= 4 is 29.9 Å². The number of aryl methyl sites for hydroxylation is 1. The average Bonchev–Trinajstić information content (AvgIpc) is 3.20. The highest BCUT2D eigenvalue weighted by Crippen LogP contribution is 2.19. The van der Waals surface area contributed by atoms with Gasteiger partial charge in [-0.25, -0.2) is 15.0 Å². The summed E-state index contributed by atoms with van der Waals surface area (Å²) < 4.78 is 10.7. The number of hydrogen-bond acceptors (Lipinski definition) is 5. The first-order valence-electron chi connectivity index (χ1n) is 9.20. The quantitative estimate of drug-likeness (QED) is 0.287. The summed E-state index contributed by atoms with van der Waals surface area (Å²) in [5.41, 5.74) is 3.98. The largest absolute Gasteiger partial charge is 0.481 e. The maximum atomic E-state index is 5.60. The Morgan fingerprint density at radius 2 is 1.93 bits per heavy atom. The van der Waals surface area contributed by atoms with Gasteiger partial charge in [0.15, 0.2) is 5.96 Å². The summed E-state index contributed by atoms with van der Waals surface area (Å²) in [5.74, 6) is 1.91. The Morgan fingerprint density at radius 3 is 2.59 bits per heavy atom. The van der Waals surface area contributed by atoms with Crippen molar-refractivity contribution < 1.29 is 9.15 Å². The van der Waals surface area contributed by atoms with E-state index in [0.717, 1.165) is 23.4 Å². The van der Waals surface area contributed by atoms with Crippen molar-refractivity contribution in [2.45, 2.75) is 26.9 Å². The van der Waals surface area contributed by atoms with Gasteiger partial charge in [-0.15, -0.1) is 24.0 Å². The lowest BCUT2D eigenvalue weighted by Gasteiger charge is -2.10. The number of ether oxygens (including phenoxy) is 1. The number of hydrogen-bond donors (Lipinski definition) is 2. The van der Waals surface area contributed by atoms with Gasteiger partial charge < -0.3 is 19.8 Å². The number of oxazole rings is 1. The number of benzene rings is 1. The van der Waals surface area contributed by atoms with Crippen molar-refractivity contribution in [1.29, 1.82) is 0 Å². The molecule has 0 atom stereocenters. The predicted molar refractivity (Wildman–Crippen MR) is 125 cm³/mol. The molecule has 8 heteroatoms. The van der Waals surface area contributed by atoms with Gasteiger partial charge in [-0.3, -0.25) is 0 Å². The summed E-state index contributed by atoms with van der Waals surface area (Å²) in [5, 5.41) is 6.50. The average molecular weight is 507 g/mol. The van der Waals surface area contributed by atoms with Crippen molar-refractivity contribution in [3.8, 4) is 17.3 Å². The third-order valence-electron chi connectivity index (χ3n) is 4.06. The van der Waals surface area contributed by atoms with E-state index in [1.807, 2.05) is 43.3 Å². The molecule has 0 bridgehead atoms. The number of halogens is 1. The molecule has 29 heavy (non-hydrogen) atoms. The zero-order valence-electron chi connectivity index (χ0n) is 16.8. The zero-order chi connectivity index (χ0) is 19.8. The Labute approximate surface area is 188 Å². The van der Waals surface area contributed by atoms with E-state index in [-0.39, 0.29) is 24.0 Å². The Kier molecular flexibility index (Phi) is 8.91. The molecule has 0 amide bonds. The number of pyridine rings is 1. The first-order chi connectivity index (χ1) is 13.7. The van der Waals surface area contributed by atoms with Crippen LogP contribution >= 0.6 is 24.0 Å². The van der Waals surface area contributed by atoms with E-state index in [1.54, 1.807) is 19.6 Å². The number of nitrogens with one attached hydrogen (secondary N) is 2. The second-order valence-corrected chi connectivity index (χ2v) is 6.27. The van der Waals surface area contributed by atoms with Crippen molar-refractivity contribution in [1.82, 2.24) is 20.6 Å². The van der Waals surface area contributed by atoms with Gasteiger partial charge in [0.05, 0.1) is 25.9 Å². The number of guanidine groups is 1. The molecule has 7 nitrogen and oxygen atoms in total. The minimum absolute atomic E-state index is 0. The number of aromatic nitrogens is 2. The molecule has 2 aromatic heterocycles. The fourth-order valence-corrected chi connectivity index (χ4v) is 2.53. The van der Waals surface area contributed by atoms with E-state index in [9.17, 15) is 0 Å². The van der Waals surface area contributed by atoms with Gasteiger partial charge in [0, 0.05) is 24.4 Å². The number of rotatable bonds is 7. The molecule has 2 N–H and O–H groups in total. The summed E-state index contributed by atoms with van der Waals surface area (Å²) in [7, 11) is 1.60. The van der Waals surface area contributed by atoms with Crippen LogP contribution in [0.3, 0.4) is 0 Å². The van der Waals surface area contributed by atoms with E-state index in [4.69, 9.17) is 9.15 Å². The smallest absolute Gasteiger partial charge is 0.226 e. The molecule has 0 aliphatic rings. The molecule has 3 aromatic rings. The molecule has 0 fully saturated rings. The van der Waals surface area contributed by atoms with Gasteiger partial charge in [0.2, 0.25) is 11.8 Å². The van der Waals surface area contributed by atoms with Crippen LogP contribution in [0, 0.1) is 6.92 Å². The maximum absolute atomic E-state index is 5.60. The van der Waals surface area contributed by atoms with Gasteiger partial charge in [-0.2, -0.15) is 0 Å². The minimum Gasteiger partial charge on any atom is -0.481 e. The van der Waals surface area contributed by atoms with Crippen molar-refractivity contribution in [3.05, 3.63) is 65.7 Å². The fraction of sp³-hybridized carbons (Fsp3) is 0.286. The number of methoxy groups -OCH3 is 1. The lowest BCUT2D eigenvalue weighted by molar-refractivity contribution is 0.397. The van der Waals surface area contributed by atoms with Crippen LogP contribution in [0.1, 0.15) is 23.7 Å². The summed E-state index contributed by atoms with van der Waals surface area (Å²) in [6, 6.07) is 11.9. The van der Waals surface area contributed by atoms with Gasteiger partial charge >= 0.3 is 0 Å². The highest BCUT2D eigenvalue weighted by atomic mass is 127. The Morgan fingerprint density at radius 1 is 1.14 bits per heavy atom. The number of nitrogens with zero attached hydrogens (tertiary/aromatic N) is 3. The fourth-order valence-electron chi connectivity index (χ4n) is 2.53. The first-order valence-corrected chi connectivity index (χ1v) is 9.20. The van der Waals surface area contributed by atoms with Crippen molar-refractivity contribution in [2.75, 3.05) is 13.7 Å². The molecule has 0 radical (unpaired) electrons. The Balaban J connectivity index is 0.00000300. The molecule has 0 saturated carbocycles. The highest BCUT2D eigenvalue weighted by Gasteiger charge is 2.07. The molecular weight excluding hydrogens is 481 g/mol. The summed E-state index contributed by atoms with van der Waals surface area (Å²) in [6.07, 6.45) is 3.43. The topological polar surface area (TPSA) is 84.6 Å². The zero-order valence-corrected chi connectivity index (χ0v) is 19.1. The van der Waals surface area contributed by atoms with Crippen molar-refractivity contribution in [3.63, 3.8) is 0 Å². The number of aliphatic imine (C=N–C) groups is 1. The Bertz CT molecular complexity index is 908. The van der Waals surface area contributed by atoms with Crippen molar-refractivity contribution in [2.24, 2.45) is 4.99 Å². The molecular formula is C21H26IN5O2.